The molecule has 5 heteroatoms. The van der Waals surface area contributed by atoms with Crippen LogP contribution in [0.4, 0.5) is 11.4 Å². The largest absolute Gasteiger partial charge is 0.326 e. The molecule has 138 valence electrons. The van der Waals surface area contributed by atoms with Gasteiger partial charge in [0, 0.05) is 21.2 Å². The molecule has 2 rings (SSSR count). The molecule has 2 aromatic rings. The molecule has 0 aliphatic heterocycles. The highest BCUT2D eigenvalue weighted by Crippen LogP contribution is 2.18. The van der Waals surface area contributed by atoms with E-state index in [-0.39, 0.29) is 11.8 Å². The number of hydrogen-bond acceptors (Lipinski definition) is 2. The van der Waals surface area contributed by atoms with Gasteiger partial charge in [-0.3, -0.25) is 9.59 Å². The molecule has 2 aromatic carbocycles. The molecule has 0 aliphatic rings. The Morgan fingerprint density at radius 2 is 1.58 bits per heavy atom. The van der Waals surface area contributed by atoms with Gasteiger partial charge >= 0.3 is 0 Å². The van der Waals surface area contributed by atoms with E-state index < -0.39 is 0 Å². The van der Waals surface area contributed by atoms with E-state index in [2.05, 4.69) is 40.1 Å². The van der Waals surface area contributed by atoms with Crippen molar-refractivity contribution in [3.8, 4) is 0 Å². The second-order valence-corrected chi connectivity index (χ2v) is 7.39. The number of benzene rings is 2. The van der Waals surface area contributed by atoms with Gasteiger partial charge in [0.1, 0.15) is 0 Å². The summed E-state index contributed by atoms with van der Waals surface area (Å²) in [5.41, 5.74) is 2.06. The highest BCUT2D eigenvalue weighted by Gasteiger charge is 2.08. The Morgan fingerprint density at radius 3 is 2.27 bits per heavy atom. The smallest absolute Gasteiger partial charge is 0.255 e. The molecule has 0 unspecified atom stereocenters. The zero-order chi connectivity index (χ0) is 18.8. The van der Waals surface area contributed by atoms with Gasteiger partial charge in [0.25, 0.3) is 5.91 Å². The molecule has 0 heterocycles. The van der Waals surface area contributed by atoms with Crippen LogP contribution in [0.1, 0.15) is 55.8 Å². The maximum atomic E-state index is 12.3. The van der Waals surface area contributed by atoms with Crippen molar-refractivity contribution in [3.63, 3.8) is 0 Å². The van der Waals surface area contributed by atoms with Crippen LogP contribution < -0.4 is 10.6 Å². The number of nitrogens with one attached hydrogen (secondary N) is 2. The van der Waals surface area contributed by atoms with Crippen LogP contribution in [0, 0.1) is 3.57 Å². The van der Waals surface area contributed by atoms with Gasteiger partial charge in [0.05, 0.1) is 5.69 Å². The minimum atomic E-state index is -0.164. The molecular weight excluding hydrogens is 439 g/mol. The second kappa shape index (κ2) is 11.0. The predicted molar refractivity (Wildman–Crippen MR) is 116 cm³/mol. The standard InChI is InChI=1S/C21H25IN2O2/c1-2-3-4-5-6-11-20(25)23-17-14-12-16(13-15-17)21(26)24-19-10-8-7-9-18(19)22/h7-10,12-15H,2-6,11H2,1H3,(H,23,25)(H,24,26). The lowest BCUT2D eigenvalue weighted by atomic mass is 10.1. The molecule has 0 saturated carbocycles. The normalized spacial score (nSPS) is 10.4. The molecule has 0 spiro atoms. The number of anilines is 2. The van der Waals surface area contributed by atoms with Gasteiger partial charge in [-0.05, 0) is 65.4 Å². The fourth-order valence-corrected chi connectivity index (χ4v) is 3.10. The number of unbranched alkanes of at least 4 members (excludes halogenated alkanes) is 4. The van der Waals surface area contributed by atoms with E-state index in [1.165, 1.54) is 19.3 Å². The molecular formula is C21H25IN2O2. The number of hydrogen-bond donors (Lipinski definition) is 2. The van der Waals surface area contributed by atoms with Gasteiger partial charge in [-0.2, -0.15) is 0 Å². The number of halogens is 1. The van der Waals surface area contributed by atoms with E-state index in [1.807, 2.05) is 24.3 Å². The summed E-state index contributed by atoms with van der Waals surface area (Å²) >= 11 is 2.19. The van der Waals surface area contributed by atoms with Crippen LogP contribution in [0.25, 0.3) is 0 Å². The molecule has 2 N–H and O–H groups in total. The van der Waals surface area contributed by atoms with Crippen molar-refractivity contribution in [1.29, 1.82) is 0 Å². The van der Waals surface area contributed by atoms with E-state index in [4.69, 9.17) is 0 Å². The molecule has 0 bridgehead atoms. The maximum absolute atomic E-state index is 12.3. The zero-order valence-electron chi connectivity index (χ0n) is 15.1. The Balaban J connectivity index is 1.83. The average Bonchev–Trinajstić information content (AvgIpc) is 2.64. The summed E-state index contributed by atoms with van der Waals surface area (Å²) < 4.78 is 0.987. The third-order valence-electron chi connectivity index (χ3n) is 4.06. The van der Waals surface area contributed by atoms with Crippen LogP contribution in [0.3, 0.4) is 0 Å². The predicted octanol–water partition coefficient (Wildman–Crippen LogP) is 5.84. The summed E-state index contributed by atoms with van der Waals surface area (Å²) in [7, 11) is 0. The van der Waals surface area contributed by atoms with Crippen LogP contribution in [-0.2, 0) is 4.79 Å². The molecule has 0 fully saturated rings. The second-order valence-electron chi connectivity index (χ2n) is 6.22. The summed E-state index contributed by atoms with van der Waals surface area (Å²) in [5, 5.41) is 5.78. The quantitative estimate of drug-likeness (QED) is 0.362. The van der Waals surface area contributed by atoms with Gasteiger partial charge in [0.15, 0.2) is 0 Å². The number of para-hydroxylation sites is 1. The van der Waals surface area contributed by atoms with Gasteiger partial charge in [-0.1, -0.05) is 44.7 Å². The lowest BCUT2D eigenvalue weighted by molar-refractivity contribution is -0.116. The molecule has 0 aliphatic carbocycles. The lowest BCUT2D eigenvalue weighted by Gasteiger charge is -2.09. The summed E-state index contributed by atoms with van der Waals surface area (Å²) in [5.74, 6) is -0.138. The monoisotopic (exact) mass is 464 g/mol. The van der Waals surface area contributed by atoms with Crippen molar-refractivity contribution in [3.05, 3.63) is 57.7 Å². The Labute approximate surface area is 168 Å². The van der Waals surface area contributed by atoms with Crippen LogP contribution in [-0.4, -0.2) is 11.8 Å². The summed E-state index contributed by atoms with van der Waals surface area (Å²) in [6.45, 7) is 2.18. The zero-order valence-corrected chi connectivity index (χ0v) is 17.2. The summed E-state index contributed by atoms with van der Waals surface area (Å²) in [4.78, 5) is 24.3. The van der Waals surface area contributed by atoms with Crippen molar-refractivity contribution in [2.24, 2.45) is 0 Å². The highest BCUT2D eigenvalue weighted by atomic mass is 127. The van der Waals surface area contributed by atoms with Gasteiger partial charge in [0.2, 0.25) is 5.91 Å². The lowest BCUT2D eigenvalue weighted by Crippen LogP contribution is -2.14. The number of rotatable bonds is 9. The van der Waals surface area contributed by atoms with E-state index in [9.17, 15) is 9.59 Å². The molecule has 26 heavy (non-hydrogen) atoms. The van der Waals surface area contributed by atoms with Crippen molar-refractivity contribution >= 4 is 45.8 Å². The van der Waals surface area contributed by atoms with Crippen LogP contribution in [0.5, 0.6) is 0 Å². The molecule has 0 atom stereocenters. The van der Waals surface area contributed by atoms with Crippen molar-refractivity contribution in [1.82, 2.24) is 0 Å². The minimum absolute atomic E-state index is 0.0255. The highest BCUT2D eigenvalue weighted by molar-refractivity contribution is 14.1. The van der Waals surface area contributed by atoms with Gasteiger partial charge in [-0.15, -0.1) is 0 Å². The van der Waals surface area contributed by atoms with Crippen molar-refractivity contribution in [2.45, 2.75) is 45.4 Å². The van der Waals surface area contributed by atoms with Gasteiger partial charge < -0.3 is 10.6 Å². The van der Waals surface area contributed by atoms with Gasteiger partial charge in [-0.25, -0.2) is 0 Å². The van der Waals surface area contributed by atoms with Crippen LogP contribution in [0.2, 0.25) is 0 Å². The first-order valence-electron chi connectivity index (χ1n) is 9.06. The number of carbonyl (C=O) groups excluding carboxylic acids is 2. The van der Waals surface area contributed by atoms with E-state index in [0.717, 1.165) is 27.8 Å². The third-order valence-corrected chi connectivity index (χ3v) is 5.00. The Morgan fingerprint density at radius 1 is 0.885 bits per heavy atom. The summed E-state index contributed by atoms with van der Waals surface area (Å²) in [6, 6.07) is 14.6. The number of amides is 2. The Kier molecular flexibility index (Phi) is 8.61. The Bertz CT molecular complexity index is 729. The van der Waals surface area contributed by atoms with Crippen LogP contribution in [0.15, 0.2) is 48.5 Å². The van der Waals surface area contributed by atoms with Crippen LogP contribution >= 0.6 is 22.6 Å². The van der Waals surface area contributed by atoms with E-state index in [0.29, 0.717) is 12.0 Å². The van der Waals surface area contributed by atoms with Crippen molar-refractivity contribution in [2.75, 3.05) is 10.6 Å². The number of carbonyl (C=O) groups is 2. The first-order chi connectivity index (χ1) is 12.6. The first-order valence-corrected chi connectivity index (χ1v) is 10.1. The average molecular weight is 464 g/mol. The first kappa shape index (κ1) is 20.4. The topological polar surface area (TPSA) is 58.2 Å². The Hall–Kier alpha value is -1.89. The SMILES string of the molecule is CCCCCCCC(=O)Nc1ccc(C(=O)Nc2ccccc2I)cc1. The van der Waals surface area contributed by atoms with E-state index in [1.54, 1.807) is 24.3 Å². The maximum Gasteiger partial charge on any atom is 0.255 e. The molecule has 0 aromatic heterocycles. The molecule has 4 nitrogen and oxygen atoms in total. The third kappa shape index (κ3) is 6.78. The molecule has 0 saturated heterocycles. The fourth-order valence-electron chi connectivity index (χ4n) is 2.57. The minimum Gasteiger partial charge on any atom is -0.326 e. The fraction of sp³-hybridized carbons (Fsp3) is 0.333. The molecule has 2 amide bonds. The van der Waals surface area contributed by atoms with E-state index >= 15 is 0 Å². The van der Waals surface area contributed by atoms with Crippen molar-refractivity contribution < 1.29 is 9.59 Å². The molecule has 0 radical (unpaired) electrons. The summed E-state index contributed by atoms with van der Waals surface area (Å²) in [6.07, 6.45) is 6.18.